The van der Waals surface area contributed by atoms with E-state index in [-0.39, 0.29) is 0 Å². The first-order chi connectivity index (χ1) is 6.92. The first-order valence-corrected chi connectivity index (χ1v) is 6.11. The zero-order valence-electron chi connectivity index (χ0n) is 8.53. The first kappa shape index (κ1) is 10.1. The van der Waals surface area contributed by atoms with Crippen LogP contribution in [0.25, 0.3) is 0 Å². The summed E-state index contributed by atoms with van der Waals surface area (Å²) in [5.41, 5.74) is 3.14. The zero-order chi connectivity index (χ0) is 9.80. The Hall–Kier alpha value is -0.380. The van der Waals surface area contributed by atoms with E-state index in [0.29, 0.717) is 6.04 Å². The summed E-state index contributed by atoms with van der Waals surface area (Å²) in [6, 6.07) is 4.71. The molecule has 1 aliphatic carbocycles. The van der Waals surface area contributed by atoms with E-state index in [2.05, 4.69) is 23.0 Å². The van der Waals surface area contributed by atoms with E-state index in [1.165, 1.54) is 30.6 Å². The second-order valence-electron chi connectivity index (χ2n) is 3.86. The molecule has 1 N–H and O–H groups in total. The minimum atomic E-state index is 0.405. The topological polar surface area (TPSA) is 21.3 Å². The molecule has 1 heterocycles. The van der Waals surface area contributed by atoms with Crippen molar-refractivity contribution in [1.82, 2.24) is 5.48 Å². The molecule has 0 radical (unpaired) electrons. The van der Waals surface area contributed by atoms with Gasteiger partial charge in [-0.3, -0.25) is 0 Å². The van der Waals surface area contributed by atoms with Gasteiger partial charge in [0.2, 0.25) is 0 Å². The van der Waals surface area contributed by atoms with Gasteiger partial charge in [-0.1, -0.05) is 18.9 Å². The van der Waals surface area contributed by atoms with Gasteiger partial charge in [-0.25, -0.2) is 0 Å². The summed E-state index contributed by atoms with van der Waals surface area (Å²) < 4.78 is 0. The third-order valence-corrected chi connectivity index (χ3v) is 3.92. The van der Waals surface area contributed by atoms with E-state index < -0.39 is 0 Å². The molecule has 1 atom stereocenters. The number of hydroxylamine groups is 1. The van der Waals surface area contributed by atoms with Crippen LogP contribution >= 0.6 is 11.3 Å². The van der Waals surface area contributed by atoms with Gasteiger partial charge in [0.1, 0.15) is 0 Å². The van der Waals surface area contributed by atoms with Gasteiger partial charge in [-0.05, 0) is 30.2 Å². The monoisotopic (exact) mass is 211 g/mol. The Kier molecular flexibility index (Phi) is 3.56. The summed E-state index contributed by atoms with van der Waals surface area (Å²) in [7, 11) is 1.70. The fourth-order valence-electron chi connectivity index (χ4n) is 2.27. The molecular formula is C11H17NOS. The van der Waals surface area contributed by atoms with Gasteiger partial charge in [-0.15, -0.1) is 11.3 Å². The lowest BCUT2D eigenvalue weighted by molar-refractivity contribution is 0.0425. The molecule has 78 valence electrons. The molecule has 1 fully saturated rings. The van der Waals surface area contributed by atoms with Gasteiger partial charge < -0.3 is 4.84 Å². The molecule has 0 aliphatic heterocycles. The molecule has 1 unspecified atom stereocenters. The van der Waals surface area contributed by atoms with Crippen LogP contribution in [0.5, 0.6) is 0 Å². The highest BCUT2D eigenvalue weighted by molar-refractivity contribution is 7.10. The smallest absolute Gasteiger partial charge is 0.0692 e. The van der Waals surface area contributed by atoms with Crippen LogP contribution in [-0.2, 0) is 4.84 Å². The van der Waals surface area contributed by atoms with E-state index >= 15 is 0 Å². The fraction of sp³-hybridized carbons (Fsp3) is 0.636. The molecule has 0 amide bonds. The highest BCUT2D eigenvalue weighted by Gasteiger charge is 2.26. The molecule has 1 aromatic heterocycles. The number of rotatable bonds is 4. The maximum atomic E-state index is 5.10. The Morgan fingerprint density at radius 2 is 2.29 bits per heavy atom. The van der Waals surface area contributed by atoms with E-state index in [9.17, 15) is 0 Å². The van der Waals surface area contributed by atoms with Crippen LogP contribution in [0.2, 0.25) is 0 Å². The SMILES string of the molecule is CONC(c1cccs1)C1CCCC1. The van der Waals surface area contributed by atoms with Gasteiger partial charge in [-0.2, -0.15) is 5.48 Å². The summed E-state index contributed by atoms with van der Waals surface area (Å²) in [4.78, 5) is 6.50. The van der Waals surface area contributed by atoms with Crippen molar-refractivity contribution < 1.29 is 4.84 Å². The van der Waals surface area contributed by atoms with Crippen molar-refractivity contribution in [3.05, 3.63) is 22.4 Å². The molecule has 3 heteroatoms. The number of hydrogen-bond acceptors (Lipinski definition) is 3. The van der Waals surface area contributed by atoms with Gasteiger partial charge in [0, 0.05) is 4.88 Å². The second kappa shape index (κ2) is 4.91. The van der Waals surface area contributed by atoms with Crippen molar-refractivity contribution in [2.75, 3.05) is 7.11 Å². The van der Waals surface area contributed by atoms with E-state index in [4.69, 9.17) is 4.84 Å². The quantitative estimate of drug-likeness (QED) is 0.773. The molecule has 0 bridgehead atoms. The maximum absolute atomic E-state index is 5.10. The maximum Gasteiger partial charge on any atom is 0.0692 e. The molecule has 0 spiro atoms. The Morgan fingerprint density at radius 3 is 2.86 bits per heavy atom. The predicted molar refractivity (Wildman–Crippen MR) is 59.2 cm³/mol. The molecule has 2 rings (SSSR count). The van der Waals surface area contributed by atoms with E-state index in [0.717, 1.165) is 5.92 Å². The summed E-state index contributed by atoms with van der Waals surface area (Å²) in [6.45, 7) is 0. The largest absolute Gasteiger partial charge is 0.304 e. The lowest BCUT2D eigenvalue weighted by atomic mass is 9.98. The molecular weight excluding hydrogens is 194 g/mol. The molecule has 1 saturated carbocycles. The summed E-state index contributed by atoms with van der Waals surface area (Å²) in [5.74, 6) is 0.758. The van der Waals surface area contributed by atoms with Crippen molar-refractivity contribution in [1.29, 1.82) is 0 Å². The normalized spacial score (nSPS) is 20.1. The third kappa shape index (κ3) is 2.16. The van der Waals surface area contributed by atoms with Gasteiger partial charge >= 0.3 is 0 Å². The first-order valence-electron chi connectivity index (χ1n) is 5.23. The van der Waals surface area contributed by atoms with Crippen LogP contribution in [0.3, 0.4) is 0 Å². The fourth-order valence-corrected chi connectivity index (χ4v) is 3.13. The van der Waals surface area contributed by atoms with Crippen molar-refractivity contribution in [2.24, 2.45) is 5.92 Å². The highest BCUT2D eigenvalue weighted by atomic mass is 32.1. The van der Waals surface area contributed by atoms with Crippen molar-refractivity contribution in [3.8, 4) is 0 Å². The third-order valence-electron chi connectivity index (χ3n) is 2.97. The minimum absolute atomic E-state index is 0.405. The van der Waals surface area contributed by atoms with Crippen LogP contribution in [0, 0.1) is 5.92 Å². The van der Waals surface area contributed by atoms with Crippen LogP contribution in [-0.4, -0.2) is 7.11 Å². The summed E-state index contributed by atoms with van der Waals surface area (Å²) in [6.07, 6.45) is 5.41. The number of nitrogens with one attached hydrogen (secondary N) is 1. The van der Waals surface area contributed by atoms with Crippen LogP contribution < -0.4 is 5.48 Å². The number of thiophene rings is 1. The van der Waals surface area contributed by atoms with E-state index in [1.807, 2.05) is 11.3 Å². The van der Waals surface area contributed by atoms with Crippen molar-refractivity contribution in [3.63, 3.8) is 0 Å². The Bertz CT molecular complexity index is 254. The van der Waals surface area contributed by atoms with Crippen molar-refractivity contribution >= 4 is 11.3 Å². The van der Waals surface area contributed by atoms with Crippen LogP contribution in [0.4, 0.5) is 0 Å². The summed E-state index contributed by atoms with van der Waals surface area (Å²) >= 11 is 1.82. The average Bonchev–Trinajstić information content (AvgIpc) is 2.87. The zero-order valence-corrected chi connectivity index (χ0v) is 9.35. The Balaban J connectivity index is 2.06. The molecule has 0 saturated heterocycles. The molecule has 2 nitrogen and oxygen atoms in total. The van der Waals surface area contributed by atoms with Crippen LogP contribution in [0.15, 0.2) is 17.5 Å². The standard InChI is InChI=1S/C11H17NOS/c1-13-12-11(9-5-2-3-6-9)10-7-4-8-14-10/h4,7-9,11-12H,2-3,5-6H2,1H3. The van der Waals surface area contributed by atoms with Gasteiger partial charge in [0.25, 0.3) is 0 Å². The van der Waals surface area contributed by atoms with Gasteiger partial charge in [0.05, 0.1) is 13.2 Å². The minimum Gasteiger partial charge on any atom is -0.304 e. The molecule has 14 heavy (non-hydrogen) atoms. The van der Waals surface area contributed by atoms with Crippen molar-refractivity contribution in [2.45, 2.75) is 31.7 Å². The lowest BCUT2D eigenvalue weighted by Gasteiger charge is -2.22. The van der Waals surface area contributed by atoms with Crippen LogP contribution in [0.1, 0.15) is 36.6 Å². The molecule has 1 aliphatic rings. The Morgan fingerprint density at radius 1 is 1.50 bits per heavy atom. The highest BCUT2D eigenvalue weighted by Crippen LogP contribution is 2.37. The second-order valence-corrected chi connectivity index (χ2v) is 4.84. The lowest BCUT2D eigenvalue weighted by Crippen LogP contribution is -2.25. The predicted octanol–water partition coefficient (Wildman–Crippen LogP) is 3.13. The molecule has 1 aromatic rings. The average molecular weight is 211 g/mol. The van der Waals surface area contributed by atoms with Gasteiger partial charge in [0.15, 0.2) is 0 Å². The number of hydrogen-bond donors (Lipinski definition) is 1. The Labute approximate surface area is 89.2 Å². The summed E-state index contributed by atoms with van der Waals surface area (Å²) in [5, 5.41) is 2.13. The van der Waals surface area contributed by atoms with E-state index in [1.54, 1.807) is 7.11 Å². The molecule has 0 aromatic carbocycles.